The number of rotatable bonds is 8. The molecule has 152 valence electrons. The number of ether oxygens (including phenoxy) is 1. The maximum atomic E-state index is 12.7. The highest BCUT2D eigenvalue weighted by Gasteiger charge is 2.27. The van der Waals surface area contributed by atoms with Crippen LogP contribution < -0.4 is 15.2 Å². The third-order valence-electron chi connectivity index (χ3n) is 4.44. The van der Waals surface area contributed by atoms with Crippen LogP contribution in [0.2, 0.25) is 0 Å². The molecular formula is C23H23N5O2. The molecule has 3 aromatic rings. The molecule has 0 fully saturated rings. The van der Waals surface area contributed by atoms with Crippen LogP contribution in [-0.4, -0.2) is 35.3 Å². The molecule has 7 heteroatoms. The molecule has 0 saturated heterocycles. The fraction of sp³-hybridized carbons (Fsp3) is 0.130. The number of anilines is 1. The van der Waals surface area contributed by atoms with Crippen LogP contribution in [-0.2, 0) is 0 Å². The SMILES string of the molecule is C=C(/C=C\C=NC)N(c1ccc(OC)nc1)C(c1cccnc1)c1ccc[nH]c1=O. The summed E-state index contributed by atoms with van der Waals surface area (Å²) in [5, 5.41) is 0. The van der Waals surface area contributed by atoms with E-state index in [0.29, 0.717) is 17.1 Å². The normalized spacial score (nSPS) is 12.2. The van der Waals surface area contributed by atoms with Gasteiger partial charge >= 0.3 is 0 Å². The highest BCUT2D eigenvalue weighted by molar-refractivity contribution is 5.72. The number of aromatic amines is 1. The van der Waals surface area contributed by atoms with Gasteiger partial charge in [0.15, 0.2) is 0 Å². The van der Waals surface area contributed by atoms with E-state index in [1.165, 1.54) is 0 Å². The van der Waals surface area contributed by atoms with Gasteiger partial charge in [-0.25, -0.2) is 4.98 Å². The van der Waals surface area contributed by atoms with Crippen molar-refractivity contribution in [2.45, 2.75) is 6.04 Å². The average Bonchev–Trinajstić information content (AvgIpc) is 2.79. The molecule has 0 bridgehead atoms. The summed E-state index contributed by atoms with van der Waals surface area (Å²) in [6, 6.07) is 10.5. The number of hydrogen-bond donors (Lipinski definition) is 1. The first kappa shape index (κ1) is 20.7. The number of nitrogens with zero attached hydrogens (tertiary/aromatic N) is 4. The van der Waals surface area contributed by atoms with Crippen molar-refractivity contribution >= 4 is 11.9 Å². The molecule has 30 heavy (non-hydrogen) atoms. The zero-order chi connectivity index (χ0) is 21.3. The van der Waals surface area contributed by atoms with Crippen molar-refractivity contribution in [3.05, 3.63) is 107 Å². The van der Waals surface area contributed by atoms with Gasteiger partial charge in [0.1, 0.15) is 0 Å². The molecule has 0 spiro atoms. The molecule has 3 heterocycles. The summed E-state index contributed by atoms with van der Waals surface area (Å²) < 4.78 is 5.19. The summed E-state index contributed by atoms with van der Waals surface area (Å²) in [6.45, 7) is 4.23. The van der Waals surface area contributed by atoms with Crippen LogP contribution in [0.5, 0.6) is 5.88 Å². The summed E-state index contributed by atoms with van der Waals surface area (Å²) in [5.74, 6) is 0.494. The van der Waals surface area contributed by atoms with E-state index in [4.69, 9.17) is 4.74 Å². The van der Waals surface area contributed by atoms with E-state index in [1.807, 2.05) is 29.2 Å². The molecule has 0 radical (unpaired) electrons. The molecule has 1 N–H and O–H groups in total. The lowest BCUT2D eigenvalue weighted by atomic mass is 9.98. The van der Waals surface area contributed by atoms with E-state index < -0.39 is 6.04 Å². The number of hydrogen-bond acceptors (Lipinski definition) is 6. The summed E-state index contributed by atoms with van der Waals surface area (Å²) >= 11 is 0. The zero-order valence-corrected chi connectivity index (χ0v) is 16.9. The summed E-state index contributed by atoms with van der Waals surface area (Å²) in [7, 11) is 3.26. The second kappa shape index (κ2) is 9.97. The molecule has 0 amide bonds. The molecule has 3 aromatic heterocycles. The molecule has 7 nitrogen and oxygen atoms in total. The molecular weight excluding hydrogens is 378 g/mol. The Kier molecular flexibility index (Phi) is 6.89. The summed E-state index contributed by atoms with van der Waals surface area (Å²) in [5.41, 5.74) is 2.60. The Morgan fingerprint density at radius 1 is 1.27 bits per heavy atom. The van der Waals surface area contributed by atoms with Gasteiger partial charge in [0.2, 0.25) is 5.88 Å². The predicted molar refractivity (Wildman–Crippen MR) is 119 cm³/mol. The smallest absolute Gasteiger partial charge is 0.253 e. The maximum Gasteiger partial charge on any atom is 0.253 e. The van der Waals surface area contributed by atoms with Gasteiger partial charge in [-0.15, -0.1) is 0 Å². The van der Waals surface area contributed by atoms with Gasteiger partial charge < -0.3 is 14.6 Å². The Balaban J connectivity index is 2.21. The summed E-state index contributed by atoms with van der Waals surface area (Å²) in [4.78, 5) is 30.0. The summed E-state index contributed by atoms with van der Waals surface area (Å²) in [6.07, 6.45) is 12.0. The topological polar surface area (TPSA) is 83.5 Å². The standard InChI is InChI=1S/C23H23N5O2/c1-17(7-4-12-24-2)28(19-10-11-21(30-3)27-16-19)22(18-8-5-13-25-15-18)20-9-6-14-26-23(20)29/h4-16,22H,1H2,2-3H3,(H,26,29)/b7-4-,24-12?. The van der Waals surface area contributed by atoms with Crippen LogP contribution in [0.4, 0.5) is 5.69 Å². The largest absolute Gasteiger partial charge is 0.481 e. The zero-order valence-electron chi connectivity index (χ0n) is 16.9. The fourth-order valence-corrected chi connectivity index (χ4v) is 3.09. The van der Waals surface area contributed by atoms with Gasteiger partial charge in [-0.1, -0.05) is 12.6 Å². The fourth-order valence-electron chi connectivity index (χ4n) is 3.09. The van der Waals surface area contributed by atoms with Gasteiger partial charge in [-0.05, 0) is 42.0 Å². The number of H-pyrrole nitrogens is 1. The lowest BCUT2D eigenvalue weighted by Gasteiger charge is -2.34. The van der Waals surface area contributed by atoms with E-state index >= 15 is 0 Å². The van der Waals surface area contributed by atoms with Crippen LogP contribution in [0.15, 0.2) is 95.4 Å². The van der Waals surface area contributed by atoms with Crippen molar-refractivity contribution in [3.8, 4) is 5.88 Å². The predicted octanol–water partition coefficient (Wildman–Crippen LogP) is 3.54. The third-order valence-corrected chi connectivity index (χ3v) is 4.44. The van der Waals surface area contributed by atoms with Gasteiger partial charge in [0.05, 0.1) is 25.0 Å². The highest BCUT2D eigenvalue weighted by atomic mass is 16.5. The van der Waals surface area contributed by atoms with Crippen molar-refractivity contribution in [2.75, 3.05) is 19.1 Å². The Hall–Kier alpha value is -4.00. The average molecular weight is 401 g/mol. The first-order chi connectivity index (χ1) is 14.7. The van der Waals surface area contributed by atoms with E-state index in [1.54, 1.807) is 69.4 Å². The quantitative estimate of drug-likeness (QED) is 0.461. The van der Waals surface area contributed by atoms with Crippen molar-refractivity contribution in [2.24, 2.45) is 4.99 Å². The Morgan fingerprint density at radius 2 is 2.13 bits per heavy atom. The number of pyridine rings is 3. The minimum absolute atomic E-state index is 0.190. The van der Waals surface area contributed by atoms with Crippen molar-refractivity contribution < 1.29 is 4.74 Å². The van der Waals surface area contributed by atoms with Crippen molar-refractivity contribution in [1.82, 2.24) is 15.0 Å². The number of allylic oxidation sites excluding steroid dienone is 2. The molecule has 0 aliphatic heterocycles. The van der Waals surface area contributed by atoms with Crippen LogP contribution in [0.25, 0.3) is 0 Å². The molecule has 3 rings (SSSR count). The second-order valence-corrected chi connectivity index (χ2v) is 6.33. The first-order valence-electron chi connectivity index (χ1n) is 9.30. The lowest BCUT2D eigenvalue weighted by Crippen LogP contribution is -2.32. The molecule has 0 aromatic carbocycles. The van der Waals surface area contributed by atoms with Crippen molar-refractivity contribution in [3.63, 3.8) is 0 Å². The third kappa shape index (κ3) is 4.70. The molecule has 0 saturated carbocycles. The molecule has 1 atom stereocenters. The minimum Gasteiger partial charge on any atom is -0.481 e. The first-order valence-corrected chi connectivity index (χ1v) is 9.30. The van der Waals surface area contributed by atoms with Crippen LogP contribution in [0.3, 0.4) is 0 Å². The van der Waals surface area contributed by atoms with Crippen LogP contribution >= 0.6 is 0 Å². The van der Waals surface area contributed by atoms with Gasteiger partial charge in [-0.3, -0.25) is 14.8 Å². The Bertz CT molecular complexity index is 1090. The maximum absolute atomic E-state index is 12.7. The molecule has 0 aliphatic rings. The monoisotopic (exact) mass is 401 g/mol. The Labute approximate surface area is 175 Å². The van der Waals surface area contributed by atoms with Crippen molar-refractivity contribution in [1.29, 1.82) is 0 Å². The number of aromatic nitrogens is 3. The van der Waals surface area contributed by atoms with E-state index in [2.05, 4.69) is 26.5 Å². The van der Waals surface area contributed by atoms with E-state index in [9.17, 15) is 4.79 Å². The second-order valence-electron chi connectivity index (χ2n) is 6.33. The van der Waals surface area contributed by atoms with E-state index in [-0.39, 0.29) is 5.56 Å². The number of aliphatic imine (C=N–C) groups is 1. The minimum atomic E-state index is -0.477. The van der Waals surface area contributed by atoms with E-state index in [0.717, 1.165) is 11.3 Å². The number of methoxy groups -OCH3 is 1. The Morgan fingerprint density at radius 3 is 2.77 bits per heavy atom. The highest BCUT2D eigenvalue weighted by Crippen LogP contribution is 2.34. The van der Waals surface area contributed by atoms with Gasteiger partial charge in [0, 0.05) is 49.2 Å². The van der Waals surface area contributed by atoms with Gasteiger partial charge in [0.25, 0.3) is 5.56 Å². The van der Waals surface area contributed by atoms with Crippen LogP contribution in [0.1, 0.15) is 17.2 Å². The molecule has 0 aliphatic carbocycles. The lowest BCUT2D eigenvalue weighted by molar-refractivity contribution is 0.398. The van der Waals surface area contributed by atoms with Crippen LogP contribution in [0, 0.1) is 0 Å². The number of nitrogens with one attached hydrogen (secondary N) is 1. The van der Waals surface area contributed by atoms with Gasteiger partial charge in [-0.2, -0.15) is 0 Å². The molecule has 1 unspecified atom stereocenters.